The summed E-state index contributed by atoms with van der Waals surface area (Å²) in [6.45, 7) is 15.2. The predicted octanol–water partition coefficient (Wildman–Crippen LogP) is 5.62. The second kappa shape index (κ2) is 11.4. The maximum Gasteiger partial charge on any atom is 0.141 e. The van der Waals surface area contributed by atoms with Gasteiger partial charge in [-0.05, 0) is 36.8 Å². The molecule has 4 rings (SSSR count). The van der Waals surface area contributed by atoms with Crippen molar-refractivity contribution in [3.63, 3.8) is 0 Å². The lowest BCUT2D eigenvalue weighted by Crippen LogP contribution is -2.46. The molecule has 2 heterocycles. The van der Waals surface area contributed by atoms with E-state index in [9.17, 15) is 5.11 Å². The van der Waals surface area contributed by atoms with E-state index in [4.69, 9.17) is 0 Å². The molecule has 29 heavy (non-hydrogen) atoms. The fraction of sp³-hybridized carbons (Fsp3) is 0.400. The molecule has 1 saturated heterocycles. The molecule has 0 saturated carbocycles. The first-order valence-corrected chi connectivity index (χ1v) is 10.8. The molecular formula is C25H35N3O. The first kappa shape index (κ1) is 22.7. The van der Waals surface area contributed by atoms with Crippen LogP contribution in [0.3, 0.4) is 0 Å². The van der Waals surface area contributed by atoms with E-state index < -0.39 is 0 Å². The number of phenolic OH excluding ortho intramolecular Hbond substituents is 1. The molecule has 0 bridgehead atoms. The van der Waals surface area contributed by atoms with Crippen LogP contribution in [-0.2, 0) is 6.54 Å². The van der Waals surface area contributed by atoms with Gasteiger partial charge in [-0.2, -0.15) is 0 Å². The highest BCUT2D eigenvalue weighted by atomic mass is 16.3. The number of rotatable bonds is 3. The number of phenols is 1. The molecule has 0 atom stereocenters. The van der Waals surface area contributed by atoms with Crippen molar-refractivity contribution in [2.75, 3.05) is 31.1 Å². The molecule has 4 heteroatoms. The van der Waals surface area contributed by atoms with E-state index in [1.807, 2.05) is 45.9 Å². The summed E-state index contributed by atoms with van der Waals surface area (Å²) in [7, 11) is 0. The van der Waals surface area contributed by atoms with Crippen molar-refractivity contribution in [2.24, 2.45) is 0 Å². The SMILES string of the molecule is CC.CC.Cc1ccc(N2CCN(Cc3ccc(O)c4ncccc34)CC2)cc1. The van der Waals surface area contributed by atoms with Crippen LogP contribution < -0.4 is 4.90 Å². The van der Waals surface area contributed by atoms with Crippen LogP contribution in [0.25, 0.3) is 10.9 Å². The molecule has 0 unspecified atom stereocenters. The molecule has 0 radical (unpaired) electrons. The Balaban J connectivity index is 0.000000707. The van der Waals surface area contributed by atoms with Crippen molar-refractivity contribution < 1.29 is 5.11 Å². The van der Waals surface area contributed by atoms with E-state index in [2.05, 4.69) is 46.0 Å². The minimum atomic E-state index is 0.253. The van der Waals surface area contributed by atoms with E-state index in [0.717, 1.165) is 38.1 Å². The average Bonchev–Trinajstić information content (AvgIpc) is 2.80. The van der Waals surface area contributed by atoms with Crippen LogP contribution in [0.4, 0.5) is 5.69 Å². The highest BCUT2D eigenvalue weighted by molar-refractivity contribution is 5.87. The lowest BCUT2D eigenvalue weighted by molar-refractivity contribution is 0.250. The van der Waals surface area contributed by atoms with Crippen molar-refractivity contribution in [2.45, 2.75) is 41.2 Å². The fourth-order valence-electron chi connectivity index (χ4n) is 3.52. The third-order valence-corrected chi connectivity index (χ3v) is 5.00. The van der Waals surface area contributed by atoms with Gasteiger partial charge in [-0.15, -0.1) is 0 Å². The number of pyridine rings is 1. The van der Waals surface area contributed by atoms with Gasteiger partial charge >= 0.3 is 0 Å². The maximum absolute atomic E-state index is 10.00. The third-order valence-electron chi connectivity index (χ3n) is 5.00. The Morgan fingerprint density at radius 1 is 0.862 bits per heavy atom. The monoisotopic (exact) mass is 393 g/mol. The number of hydrogen-bond donors (Lipinski definition) is 1. The average molecular weight is 394 g/mol. The van der Waals surface area contributed by atoms with Gasteiger partial charge < -0.3 is 10.0 Å². The van der Waals surface area contributed by atoms with Gasteiger partial charge in [0.15, 0.2) is 0 Å². The zero-order chi connectivity index (χ0) is 21.2. The minimum absolute atomic E-state index is 0.253. The summed E-state index contributed by atoms with van der Waals surface area (Å²) in [5, 5.41) is 11.0. The molecule has 156 valence electrons. The number of aryl methyl sites for hydroxylation is 1. The summed E-state index contributed by atoms with van der Waals surface area (Å²) in [5.74, 6) is 0.253. The zero-order valence-electron chi connectivity index (χ0n) is 18.5. The van der Waals surface area contributed by atoms with E-state index in [0.29, 0.717) is 5.52 Å². The molecule has 0 amide bonds. The second-order valence-electron chi connectivity index (χ2n) is 6.74. The maximum atomic E-state index is 10.00. The standard InChI is InChI=1S/C21H23N3O.2C2H6/c1-16-4-7-18(8-5-16)24-13-11-23(12-14-24)15-17-6-9-20(25)21-19(17)3-2-10-22-21;2*1-2/h2-10,25H,11-15H2,1H3;2*1-2H3. The number of anilines is 1. The normalized spacial score (nSPS) is 13.9. The molecule has 0 aliphatic carbocycles. The summed E-state index contributed by atoms with van der Waals surface area (Å²) in [5.41, 5.74) is 4.53. The van der Waals surface area contributed by atoms with Crippen molar-refractivity contribution in [1.82, 2.24) is 9.88 Å². The molecule has 3 aromatic rings. The largest absolute Gasteiger partial charge is 0.506 e. The third kappa shape index (κ3) is 5.70. The van der Waals surface area contributed by atoms with Crippen LogP contribution in [0.1, 0.15) is 38.8 Å². The lowest BCUT2D eigenvalue weighted by atomic mass is 10.1. The molecule has 1 aliphatic rings. The predicted molar refractivity (Wildman–Crippen MR) is 125 cm³/mol. The van der Waals surface area contributed by atoms with Crippen LogP contribution in [0.2, 0.25) is 0 Å². The van der Waals surface area contributed by atoms with Gasteiger partial charge in [0, 0.05) is 50.0 Å². The van der Waals surface area contributed by atoms with E-state index in [1.165, 1.54) is 16.8 Å². The first-order chi connectivity index (χ1) is 14.2. The number of benzene rings is 2. The first-order valence-electron chi connectivity index (χ1n) is 10.8. The number of aromatic hydroxyl groups is 1. The van der Waals surface area contributed by atoms with Gasteiger partial charge in [0.2, 0.25) is 0 Å². The molecule has 1 aromatic heterocycles. The number of nitrogens with zero attached hydrogens (tertiary/aromatic N) is 3. The van der Waals surface area contributed by atoms with Crippen molar-refractivity contribution >= 4 is 16.6 Å². The fourth-order valence-corrected chi connectivity index (χ4v) is 3.52. The lowest BCUT2D eigenvalue weighted by Gasteiger charge is -2.36. The van der Waals surface area contributed by atoms with Crippen LogP contribution >= 0.6 is 0 Å². The smallest absolute Gasteiger partial charge is 0.141 e. The van der Waals surface area contributed by atoms with Gasteiger partial charge in [-0.1, -0.05) is 57.5 Å². The Morgan fingerprint density at radius 2 is 1.52 bits per heavy atom. The van der Waals surface area contributed by atoms with Gasteiger partial charge in [0.1, 0.15) is 11.3 Å². The highest BCUT2D eigenvalue weighted by Gasteiger charge is 2.18. The number of piperazine rings is 1. The van der Waals surface area contributed by atoms with Crippen LogP contribution in [0.15, 0.2) is 54.7 Å². The Kier molecular flexibility index (Phi) is 8.94. The second-order valence-corrected chi connectivity index (χ2v) is 6.74. The quantitative estimate of drug-likeness (QED) is 0.626. The molecule has 1 fully saturated rings. The molecular weight excluding hydrogens is 358 g/mol. The molecule has 1 aliphatic heterocycles. The zero-order valence-corrected chi connectivity index (χ0v) is 18.5. The summed E-state index contributed by atoms with van der Waals surface area (Å²) >= 11 is 0. The van der Waals surface area contributed by atoms with E-state index >= 15 is 0 Å². The van der Waals surface area contributed by atoms with Crippen LogP contribution in [0.5, 0.6) is 5.75 Å². The van der Waals surface area contributed by atoms with Gasteiger partial charge in [-0.3, -0.25) is 9.88 Å². The van der Waals surface area contributed by atoms with Gasteiger partial charge in [-0.25, -0.2) is 0 Å². The van der Waals surface area contributed by atoms with Gasteiger partial charge in [0.25, 0.3) is 0 Å². The van der Waals surface area contributed by atoms with E-state index in [-0.39, 0.29) is 5.75 Å². The summed E-state index contributed by atoms with van der Waals surface area (Å²) in [6, 6.07) is 16.5. The summed E-state index contributed by atoms with van der Waals surface area (Å²) < 4.78 is 0. The summed E-state index contributed by atoms with van der Waals surface area (Å²) in [6.07, 6.45) is 1.73. The van der Waals surface area contributed by atoms with E-state index in [1.54, 1.807) is 12.3 Å². The van der Waals surface area contributed by atoms with Crippen molar-refractivity contribution in [3.05, 3.63) is 65.9 Å². The number of fused-ring (bicyclic) bond motifs is 1. The van der Waals surface area contributed by atoms with Crippen LogP contribution in [-0.4, -0.2) is 41.2 Å². The summed E-state index contributed by atoms with van der Waals surface area (Å²) in [4.78, 5) is 9.24. The Morgan fingerprint density at radius 3 is 2.17 bits per heavy atom. The number of aromatic nitrogens is 1. The molecule has 0 spiro atoms. The Hall–Kier alpha value is -2.59. The Labute approximate surface area is 175 Å². The van der Waals surface area contributed by atoms with Crippen molar-refractivity contribution in [3.8, 4) is 5.75 Å². The van der Waals surface area contributed by atoms with Crippen LogP contribution in [0, 0.1) is 6.92 Å². The van der Waals surface area contributed by atoms with Crippen molar-refractivity contribution in [1.29, 1.82) is 0 Å². The molecule has 1 N–H and O–H groups in total. The topological polar surface area (TPSA) is 39.6 Å². The highest BCUT2D eigenvalue weighted by Crippen LogP contribution is 2.27. The van der Waals surface area contributed by atoms with Gasteiger partial charge in [0.05, 0.1) is 0 Å². The molecule has 4 nitrogen and oxygen atoms in total. The Bertz CT molecular complexity index is 869. The number of hydrogen-bond acceptors (Lipinski definition) is 4. The minimum Gasteiger partial charge on any atom is -0.506 e. The molecule has 2 aromatic carbocycles.